The molecule has 5 rings (SSSR count). The molecule has 1 saturated heterocycles. The SMILES string of the molecule is CC1(N)CCNCC1.CC=C(C)C.O=CNCc1nnc(CCc2ccccc2)n1Cc1cccc2ccccc12. The van der Waals surface area contributed by atoms with E-state index in [1.807, 2.05) is 13.0 Å². The summed E-state index contributed by atoms with van der Waals surface area (Å²) in [4.78, 5) is 10.8. The fourth-order valence-electron chi connectivity index (χ4n) is 4.50. The number of aromatic nitrogens is 3. The zero-order valence-electron chi connectivity index (χ0n) is 25.1. The maximum absolute atomic E-state index is 10.8. The highest BCUT2D eigenvalue weighted by molar-refractivity contribution is 5.85. The van der Waals surface area contributed by atoms with Gasteiger partial charge in [0.05, 0.1) is 13.1 Å². The number of hydrogen-bond acceptors (Lipinski definition) is 5. The Balaban J connectivity index is 0.000000294. The van der Waals surface area contributed by atoms with E-state index in [-0.39, 0.29) is 5.54 Å². The average molecular weight is 555 g/mol. The van der Waals surface area contributed by atoms with Gasteiger partial charge in [-0.3, -0.25) is 4.79 Å². The molecule has 4 N–H and O–H groups in total. The summed E-state index contributed by atoms with van der Waals surface area (Å²) in [5.41, 5.74) is 9.82. The van der Waals surface area contributed by atoms with E-state index in [9.17, 15) is 4.79 Å². The van der Waals surface area contributed by atoms with Crippen LogP contribution in [0.4, 0.5) is 0 Å². The van der Waals surface area contributed by atoms with E-state index in [0.29, 0.717) is 19.5 Å². The average Bonchev–Trinajstić information content (AvgIpc) is 3.37. The zero-order chi connectivity index (χ0) is 29.5. The molecule has 1 aliphatic rings. The molecule has 2 heterocycles. The van der Waals surface area contributed by atoms with Crippen molar-refractivity contribution >= 4 is 17.2 Å². The van der Waals surface area contributed by atoms with Gasteiger partial charge in [-0.05, 0) is 81.9 Å². The molecule has 1 aromatic heterocycles. The first-order valence-corrected chi connectivity index (χ1v) is 14.5. The number of amides is 1. The minimum atomic E-state index is 0.116. The number of benzene rings is 3. The Morgan fingerprint density at radius 3 is 2.22 bits per heavy atom. The van der Waals surface area contributed by atoms with E-state index in [2.05, 4.69) is 119 Å². The van der Waals surface area contributed by atoms with Gasteiger partial charge < -0.3 is 20.9 Å². The highest BCUT2D eigenvalue weighted by atomic mass is 16.1. The van der Waals surface area contributed by atoms with Crippen LogP contribution in [-0.2, 0) is 30.7 Å². The topological polar surface area (TPSA) is 97.9 Å². The van der Waals surface area contributed by atoms with E-state index in [4.69, 9.17) is 5.73 Å². The van der Waals surface area contributed by atoms with Gasteiger partial charge in [-0.15, -0.1) is 10.2 Å². The predicted molar refractivity (Wildman–Crippen MR) is 170 cm³/mol. The van der Waals surface area contributed by atoms with Gasteiger partial charge in [0.1, 0.15) is 5.82 Å². The first-order valence-electron chi connectivity index (χ1n) is 14.5. The van der Waals surface area contributed by atoms with Gasteiger partial charge in [-0.25, -0.2) is 0 Å². The molecule has 7 heteroatoms. The summed E-state index contributed by atoms with van der Waals surface area (Å²) in [7, 11) is 0. The van der Waals surface area contributed by atoms with Crippen molar-refractivity contribution in [1.82, 2.24) is 25.4 Å². The van der Waals surface area contributed by atoms with Gasteiger partial charge in [0.25, 0.3) is 0 Å². The zero-order valence-corrected chi connectivity index (χ0v) is 25.1. The number of carbonyl (C=O) groups is 1. The molecule has 4 aromatic rings. The molecule has 0 atom stereocenters. The maximum atomic E-state index is 10.8. The summed E-state index contributed by atoms with van der Waals surface area (Å²) >= 11 is 0. The van der Waals surface area contributed by atoms with Crippen LogP contribution >= 0.6 is 0 Å². The second kappa shape index (κ2) is 16.5. The number of hydrogen-bond donors (Lipinski definition) is 3. The lowest BCUT2D eigenvalue weighted by Gasteiger charge is -2.29. The molecule has 0 saturated carbocycles. The molecule has 0 aliphatic carbocycles. The Morgan fingerprint density at radius 2 is 1.59 bits per heavy atom. The third kappa shape index (κ3) is 10.6. The van der Waals surface area contributed by atoms with Crippen molar-refractivity contribution in [2.45, 2.75) is 72.0 Å². The Labute approximate surface area is 245 Å². The van der Waals surface area contributed by atoms with Gasteiger partial charge >= 0.3 is 0 Å². The number of nitrogens with one attached hydrogen (secondary N) is 2. The molecule has 3 aromatic carbocycles. The highest BCUT2D eigenvalue weighted by Gasteiger charge is 2.20. The van der Waals surface area contributed by atoms with E-state index >= 15 is 0 Å². The molecule has 0 bridgehead atoms. The van der Waals surface area contributed by atoms with Crippen LogP contribution < -0.4 is 16.4 Å². The van der Waals surface area contributed by atoms with Gasteiger partial charge in [-0.1, -0.05) is 84.4 Å². The molecule has 0 radical (unpaired) electrons. The van der Waals surface area contributed by atoms with Crippen LogP contribution in [0.15, 0.2) is 84.4 Å². The van der Waals surface area contributed by atoms with E-state index in [1.165, 1.54) is 27.5 Å². The first-order chi connectivity index (χ1) is 19.8. The van der Waals surface area contributed by atoms with Crippen molar-refractivity contribution in [3.05, 3.63) is 107 Å². The fraction of sp³-hybridized carbons (Fsp3) is 0.382. The molecular weight excluding hydrogens is 508 g/mol. The number of aryl methyl sites for hydroxylation is 2. The number of rotatable bonds is 8. The molecule has 0 unspecified atom stereocenters. The molecule has 218 valence electrons. The summed E-state index contributed by atoms with van der Waals surface area (Å²) < 4.78 is 2.13. The standard InChI is InChI=1S/C23H22N4O.C6H14N2.C5H10/c28-17-24-15-23-26-25-22(14-13-18-7-2-1-3-8-18)27(23)16-20-11-6-10-19-9-4-5-12-21(19)20;1-6(7)2-4-8-5-3-6;1-4-5(2)3/h1-12,17H,13-16H2,(H,24,28);8H,2-5,7H2,1H3;4H,1-3H3. The number of nitrogens with two attached hydrogens (primary N) is 1. The van der Waals surface area contributed by atoms with E-state index in [1.54, 1.807) is 0 Å². The molecule has 1 aliphatic heterocycles. The lowest BCUT2D eigenvalue weighted by Crippen LogP contribution is -2.46. The monoisotopic (exact) mass is 554 g/mol. The van der Waals surface area contributed by atoms with Crippen molar-refractivity contribution in [2.75, 3.05) is 13.1 Å². The Hall–Kier alpha value is -3.81. The van der Waals surface area contributed by atoms with Crippen LogP contribution in [0.1, 0.15) is 63.3 Å². The summed E-state index contributed by atoms with van der Waals surface area (Å²) in [6, 6.07) is 25.1. The molecule has 0 spiro atoms. The summed E-state index contributed by atoms with van der Waals surface area (Å²) in [6.07, 6.45) is 6.71. The summed E-state index contributed by atoms with van der Waals surface area (Å²) in [5, 5.41) is 17.2. The molecule has 7 nitrogen and oxygen atoms in total. The van der Waals surface area contributed by atoms with E-state index < -0.39 is 0 Å². The minimum absolute atomic E-state index is 0.116. The summed E-state index contributed by atoms with van der Waals surface area (Å²) in [5.74, 6) is 1.70. The van der Waals surface area contributed by atoms with Crippen LogP contribution in [0.3, 0.4) is 0 Å². The third-order valence-corrected chi connectivity index (χ3v) is 7.26. The Morgan fingerprint density at radius 1 is 0.951 bits per heavy atom. The number of nitrogens with zero attached hydrogens (tertiary/aromatic N) is 3. The molecule has 41 heavy (non-hydrogen) atoms. The van der Waals surface area contributed by atoms with Gasteiger partial charge in [0.2, 0.25) is 6.41 Å². The first kappa shape index (κ1) is 31.7. The number of fused-ring (bicyclic) bond motifs is 1. The minimum Gasteiger partial charge on any atom is -0.351 e. The molecular formula is C34H46N6O. The second-order valence-corrected chi connectivity index (χ2v) is 11.0. The highest BCUT2D eigenvalue weighted by Crippen LogP contribution is 2.21. The predicted octanol–water partition coefficient (Wildman–Crippen LogP) is 5.57. The number of carbonyl (C=O) groups excluding carboxylic acids is 1. The Bertz CT molecular complexity index is 1360. The van der Waals surface area contributed by atoms with Crippen LogP contribution in [0, 0.1) is 0 Å². The van der Waals surface area contributed by atoms with Crippen molar-refractivity contribution in [2.24, 2.45) is 5.73 Å². The van der Waals surface area contributed by atoms with Crippen LogP contribution in [0.2, 0.25) is 0 Å². The maximum Gasteiger partial charge on any atom is 0.207 e. The lowest BCUT2D eigenvalue weighted by atomic mass is 9.92. The van der Waals surface area contributed by atoms with Crippen LogP contribution in [0.25, 0.3) is 10.8 Å². The van der Waals surface area contributed by atoms with Gasteiger partial charge in [0.15, 0.2) is 5.82 Å². The smallest absolute Gasteiger partial charge is 0.207 e. The number of piperidine rings is 1. The van der Waals surface area contributed by atoms with Crippen molar-refractivity contribution in [3.8, 4) is 0 Å². The van der Waals surface area contributed by atoms with Crippen LogP contribution in [0.5, 0.6) is 0 Å². The normalized spacial score (nSPS) is 13.7. The lowest BCUT2D eigenvalue weighted by molar-refractivity contribution is -0.109. The van der Waals surface area contributed by atoms with Crippen molar-refractivity contribution in [1.29, 1.82) is 0 Å². The Kier molecular flexibility index (Phi) is 12.7. The molecule has 1 amide bonds. The van der Waals surface area contributed by atoms with Gasteiger partial charge in [-0.2, -0.15) is 0 Å². The molecule has 1 fully saturated rings. The van der Waals surface area contributed by atoms with Crippen molar-refractivity contribution in [3.63, 3.8) is 0 Å². The quantitative estimate of drug-likeness (QED) is 0.195. The van der Waals surface area contributed by atoms with Gasteiger partial charge in [0, 0.05) is 12.0 Å². The second-order valence-electron chi connectivity index (χ2n) is 11.0. The fourth-order valence-corrected chi connectivity index (χ4v) is 4.50. The summed E-state index contributed by atoms with van der Waals surface area (Å²) in [6.45, 7) is 11.5. The van der Waals surface area contributed by atoms with E-state index in [0.717, 1.165) is 50.4 Å². The van der Waals surface area contributed by atoms with Crippen LogP contribution in [-0.4, -0.2) is 39.8 Å². The largest absolute Gasteiger partial charge is 0.351 e. The number of allylic oxidation sites excluding steroid dienone is 2. The van der Waals surface area contributed by atoms with Crippen molar-refractivity contribution < 1.29 is 4.79 Å². The third-order valence-electron chi connectivity index (χ3n) is 7.26.